The van der Waals surface area contributed by atoms with Crippen LogP contribution in [0, 0.1) is 5.92 Å². The van der Waals surface area contributed by atoms with E-state index in [0.29, 0.717) is 6.47 Å². The number of nitrogens with one attached hydrogen (secondary N) is 2. The largest absolute Gasteiger partial charge is 0.462 e. The number of aromatic nitrogens is 4. The van der Waals surface area contributed by atoms with Crippen LogP contribution in [0.3, 0.4) is 0 Å². The van der Waals surface area contributed by atoms with E-state index >= 15 is 0 Å². The van der Waals surface area contributed by atoms with Crippen LogP contribution < -0.4 is 15.5 Å². The van der Waals surface area contributed by atoms with Gasteiger partial charge in [-0.25, -0.2) is 14.6 Å². The molecule has 0 radical (unpaired) electrons. The van der Waals surface area contributed by atoms with Gasteiger partial charge in [-0.15, -0.1) is 0 Å². The first-order valence-corrected chi connectivity index (χ1v) is 11.6. The van der Waals surface area contributed by atoms with Gasteiger partial charge >= 0.3 is 0 Å². The summed E-state index contributed by atoms with van der Waals surface area (Å²) >= 11 is 0. The van der Waals surface area contributed by atoms with Gasteiger partial charge in [0.25, 0.3) is 6.47 Å². The minimum Gasteiger partial charge on any atom is -0.462 e. The number of anilines is 3. The molecule has 182 valence electrons. The fraction of sp³-hybridized carbons (Fsp3) is 0.440. The number of benzene rings is 1. The molecule has 1 saturated heterocycles. The Hall–Kier alpha value is -3.46. The standard InChI is InChI=1S/C20H25N7.C5H10O2/c1-26(14-16-7-10-21-11-8-16)20-13-19(22-15-23-20)25-17-3-5-18(6-4-17)27-12-2-9-24-27;1-5(2,3)7-4-6/h2-6,9,12-13,15-16,21H,7-8,10-11,14H2,1H3,(H,22,23,25);4H,1-3H3. The van der Waals surface area contributed by atoms with Gasteiger partial charge in [-0.1, -0.05) is 0 Å². The van der Waals surface area contributed by atoms with Crippen molar-refractivity contribution in [2.75, 3.05) is 36.9 Å². The van der Waals surface area contributed by atoms with Crippen molar-refractivity contribution in [3.8, 4) is 5.69 Å². The fourth-order valence-corrected chi connectivity index (χ4v) is 3.58. The Kier molecular flexibility index (Phi) is 8.98. The van der Waals surface area contributed by atoms with Crippen molar-refractivity contribution in [2.24, 2.45) is 5.92 Å². The van der Waals surface area contributed by atoms with E-state index in [1.165, 1.54) is 12.8 Å². The lowest BCUT2D eigenvalue weighted by Crippen LogP contribution is -2.34. The summed E-state index contributed by atoms with van der Waals surface area (Å²) in [6.45, 7) is 9.17. The molecule has 1 fully saturated rings. The highest BCUT2D eigenvalue weighted by Crippen LogP contribution is 2.21. The molecule has 0 atom stereocenters. The number of carbonyl (C=O) groups excluding carboxylic acids is 1. The predicted molar refractivity (Wildman–Crippen MR) is 135 cm³/mol. The first kappa shape index (κ1) is 25.2. The predicted octanol–water partition coefficient (Wildman–Crippen LogP) is 3.80. The first-order chi connectivity index (χ1) is 16.3. The molecule has 9 heteroatoms. The van der Waals surface area contributed by atoms with Crippen LogP contribution in [-0.4, -0.2) is 58.5 Å². The Labute approximate surface area is 201 Å². The van der Waals surface area contributed by atoms with Crippen molar-refractivity contribution in [2.45, 2.75) is 39.2 Å². The smallest absolute Gasteiger partial charge is 0.293 e. The van der Waals surface area contributed by atoms with Crippen molar-refractivity contribution in [3.05, 3.63) is 55.1 Å². The summed E-state index contributed by atoms with van der Waals surface area (Å²) in [7, 11) is 2.10. The highest BCUT2D eigenvalue weighted by Gasteiger charge is 2.16. The van der Waals surface area contributed by atoms with Gasteiger partial charge < -0.3 is 20.3 Å². The molecule has 3 aromatic rings. The summed E-state index contributed by atoms with van der Waals surface area (Å²) in [5.74, 6) is 2.46. The molecule has 0 amide bonds. The number of hydrogen-bond donors (Lipinski definition) is 2. The zero-order valence-corrected chi connectivity index (χ0v) is 20.4. The maximum absolute atomic E-state index is 9.60. The number of ether oxygens (including phenoxy) is 1. The van der Waals surface area contributed by atoms with Gasteiger partial charge in [-0.05, 0) is 83.0 Å². The van der Waals surface area contributed by atoms with E-state index in [4.69, 9.17) is 0 Å². The van der Waals surface area contributed by atoms with E-state index in [-0.39, 0.29) is 5.60 Å². The molecule has 1 aromatic carbocycles. The van der Waals surface area contributed by atoms with E-state index in [0.717, 1.165) is 48.6 Å². The molecule has 0 spiro atoms. The molecule has 4 rings (SSSR count). The second-order valence-electron chi connectivity index (χ2n) is 9.28. The molecule has 2 N–H and O–H groups in total. The highest BCUT2D eigenvalue weighted by atomic mass is 16.5. The normalized spacial score (nSPS) is 14.0. The average molecular weight is 466 g/mol. The molecule has 0 saturated carbocycles. The Bertz CT molecular complexity index is 995. The molecular formula is C25H35N7O2. The minimum absolute atomic E-state index is 0.318. The van der Waals surface area contributed by atoms with Gasteiger partial charge in [0.05, 0.1) is 5.69 Å². The number of hydrogen-bond acceptors (Lipinski definition) is 8. The van der Waals surface area contributed by atoms with Crippen LogP contribution in [0.2, 0.25) is 0 Å². The van der Waals surface area contributed by atoms with E-state index in [1.54, 1.807) is 12.5 Å². The second kappa shape index (κ2) is 12.1. The van der Waals surface area contributed by atoms with Gasteiger partial charge in [-0.2, -0.15) is 5.10 Å². The molecule has 0 unspecified atom stereocenters. The summed E-state index contributed by atoms with van der Waals surface area (Å²) < 4.78 is 6.38. The lowest BCUT2D eigenvalue weighted by molar-refractivity contribution is -0.138. The third kappa shape index (κ3) is 8.15. The molecular weight excluding hydrogens is 430 g/mol. The molecule has 0 bridgehead atoms. The van der Waals surface area contributed by atoms with Crippen molar-refractivity contribution < 1.29 is 9.53 Å². The topological polar surface area (TPSA) is 97.2 Å². The Balaban J connectivity index is 0.000000406. The third-order valence-electron chi connectivity index (χ3n) is 5.34. The summed E-state index contributed by atoms with van der Waals surface area (Å²) in [4.78, 5) is 20.6. The summed E-state index contributed by atoms with van der Waals surface area (Å²) in [5, 5.41) is 11.0. The van der Waals surface area contributed by atoms with Gasteiger partial charge in [0.2, 0.25) is 0 Å². The Morgan fingerprint density at radius 1 is 1.21 bits per heavy atom. The molecule has 2 aromatic heterocycles. The Morgan fingerprint density at radius 3 is 2.53 bits per heavy atom. The maximum atomic E-state index is 9.60. The molecule has 9 nitrogen and oxygen atoms in total. The third-order valence-corrected chi connectivity index (χ3v) is 5.34. The molecule has 1 aliphatic heterocycles. The average Bonchev–Trinajstić information content (AvgIpc) is 3.35. The number of nitrogens with zero attached hydrogens (tertiary/aromatic N) is 5. The molecule has 1 aliphatic rings. The minimum atomic E-state index is -0.318. The van der Waals surface area contributed by atoms with E-state index in [9.17, 15) is 4.79 Å². The molecule has 0 aliphatic carbocycles. The number of rotatable bonds is 7. The monoisotopic (exact) mass is 465 g/mol. The lowest BCUT2D eigenvalue weighted by Gasteiger charge is -2.28. The summed E-state index contributed by atoms with van der Waals surface area (Å²) in [6, 6.07) is 12.0. The maximum Gasteiger partial charge on any atom is 0.293 e. The van der Waals surface area contributed by atoms with Crippen LogP contribution in [0.15, 0.2) is 55.1 Å². The summed E-state index contributed by atoms with van der Waals surface area (Å²) in [6.07, 6.45) is 7.77. The Morgan fingerprint density at radius 2 is 1.94 bits per heavy atom. The lowest BCUT2D eigenvalue weighted by atomic mass is 9.98. The van der Waals surface area contributed by atoms with E-state index in [1.807, 2.05) is 68.0 Å². The summed E-state index contributed by atoms with van der Waals surface area (Å²) in [5.41, 5.74) is 1.69. The highest BCUT2D eigenvalue weighted by molar-refractivity contribution is 5.60. The van der Waals surface area contributed by atoms with Gasteiger partial charge in [0, 0.05) is 37.7 Å². The number of carbonyl (C=O) groups is 1. The fourth-order valence-electron chi connectivity index (χ4n) is 3.58. The van der Waals surface area contributed by atoms with Crippen LogP contribution in [0.5, 0.6) is 0 Å². The first-order valence-electron chi connectivity index (χ1n) is 11.6. The van der Waals surface area contributed by atoms with Crippen LogP contribution >= 0.6 is 0 Å². The second-order valence-corrected chi connectivity index (χ2v) is 9.28. The molecule has 3 heterocycles. The van der Waals surface area contributed by atoms with Crippen molar-refractivity contribution in [1.29, 1.82) is 0 Å². The van der Waals surface area contributed by atoms with E-state index < -0.39 is 0 Å². The van der Waals surface area contributed by atoms with Crippen LogP contribution in [-0.2, 0) is 9.53 Å². The van der Waals surface area contributed by atoms with E-state index in [2.05, 4.69) is 42.4 Å². The van der Waals surface area contributed by atoms with Crippen LogP contribution in [0.25, 0.3) is 5.69 Å². The number of piperidine rings is 1. The van der Waals surface area contributed by atoms with Crippen LogP contribution in [0.4, 0.5) is 17.3 Å². The van der Waals surface area contributed by atoms with Gasteiger partial charge in [-0.3, -0.25) is 4.79 Å². The van der Waals surface area contributed by atoms with Crippen molar-refractivity contribution >= 4 is 23.8 Å². The SMILES string of the molecule is CC(C)(C)OC=O.CN(CC1CCNCC1)c1cc(Nc2ccc(-n3cccn3)cc2)ncn1. The zero-order valence-electron chi connectivity index (χ0n) is 20.4. The quantitative estimate of drug-likeness (QED) is 0.509. The van der Waals surface area contributed by atoms with Gasteiger partial charge in [0.15, 0.2) is 0 Å². The van der Waals surface area contributed by atoms with Crippen molar-refractivity contribution in [1.82, 2.24) is 25.1 Å². The molecule has 34 heavy (non-hydrogen) atoms. The van der Waals surface area contributed by atoms with Crippen LogP contribution in [0.1, 0.15) is 33.6 Å². The van der Waals surface area contributed by atoms with Gasteiger partial charge in [0.1, 0.15) is 23.6 Å². The zero-order chi connectivity index (χ0) is 24.4. The van der Waals surface area contributed by atoms with Crippen molar-refractivity contribution in [3.63, 3.8) is 0 Å².